The number of nitrogens with zero attached hydrogens (tertiary/aromatic N) is 3. The highest BCUT2D eigenvalue weighted by Gasteiger charge is 2.37. The van der Waals surface area contributed by atoms with Crippen LogP contribution in [0.25, 0.3) is 0 Å². The molecule has 18 heavy (non-hydrogen) atoms. The summed E-state index contributed by atoms with van der Waals surface area (Å²) in [6.45, 7) is 7.02. The first-order valence-corrected chi connectivity index (χ1v) is 6.79. The van der Waals surface area contributed by atoms with Crippen molar-refractivity contribution in [3.8, 4) is 6.07 Å². The molecule has 4 nitrogen and oxygen atoms in total. The maximum Gasteiger partial charge on any atom is 0.108 e. The predicted molar refractivity (Wildman–Crippen MR) is 71.2 cm³/mol. The van der Waals surface area contributed by atoms with E-state index in [2.05, 4.69) is 41.1 Å². The Bertz CT molecular complexity index is 453. The summed E-state index contributed by atoms with van der Waals surface area (Å²) in [5, 5.41) is 17.4. The van der Waals surface area contributed by atoms with Gasteiger partial charge in [-0.25, -0.2) is 0 Å². The summed E-state index contributed by atoms with van der Waals surface area (Å²) >= 11 is 0. The zero-order chi connectivity index (χ0) is 13.2. The third-order valence-corrected chi connectivity index (χ3v) is 3.84. The molecule has 0 spiro atoms. The molecule has 1 heterocycles. The maximum absolute atomic E-state index is 9.47. The Balaban J connectivity index is 2.21. The van der Waals surface area contributed by atoms with Crippen LogP contribution in [0, 0.1) is 25.2 Å². The van der Waals surface area contributed by atoms with E-state index >= 15 is 0 Å². The number of hydrogen-bond donors (Lipinski definition) is 1. The van der Waals surface area contributed by atoms with Crippen molar-refractivity contribution in [1.82, 2.24) is 15.1 Å². The fourth-order valence-electron chi connectivity index (χ4n) is 3.11. The number of nitriles is 1. The lowest BCUT2D eigenvalue weighted by Gasteiger charge is -2.36. The SMILES string of the molecule is CCNC1(C#N)CCCC(n2nc(C)cc2C)C1. The lowest BCUT2D eigenvalue weighted by atomic mass is 9.80. The highest BCUT2D eigenvalue weighted by Crippen LogP contribution is 2.35. The normalized spacial score (nSPS) is 28.0. The molecule has 2 unspecified atom stereocenters. The van der Waals surface area contributed by atoms with Crippen molar-refractivity contribution in [2.75, 3.05) is 6.54 Å². The Morgan fingerprint density at radius 1 is 1.61 bits per heavy atom. The minimum atomic E-state index is -0.357. The molecule has 98 valence electrons. The van der Waals surface area contributed by atoms with Crippen molar-refractivity contribution in [2.24, 2.45) is 0 Å². The van der Waals surface area contributed by atoms with Crippen LogP contribution in [0.15, 0.2) is 6.07 Å². The molecule has 0 amide bonds. The van der Waals surface area contributed by atoms with Crippen molar-refractivity contribution in [3.05, 3.63) is 17.5 Å². The first-order chi connectivity index (χ1) is 8.60. The van der Waals surface area contributed by atoms with E-state index in [-0.39, 0.29) is 5.54 Å². The summed E-state index contributed by atoms with van der Waals surface area (Å²) in [6, 6.07) is 4.95. The van der Waals surface area contributed by atoms with Crippen LogP contribution >= 0.6 is 0 Å². The van der Waals surface area contributed by atoms with Gasteiger partial charge in [-0.15, -0.1) is 0 Å². The summed E-state index contributed by atoms with van der Waals surface area (Å²) < 4.78 is 2.11. The highest BCUT2D eigenvalue weighted by molar-refractivity contribution is 5.13. The quantitative estimate of drug-likeness (QED) is 0.891. The first kappa shape index (κ1) is 13.1. The summed E-state index contributed by atoms with van der Waals surface area (Å²) in [4.78, 5) is 0. The minimum absolute atomic E-state index is 0.353. The lowest BCUT2D eigenvalue weighted by molar-refractivity contribution is 0.220. The Morgan fingerprint density at radius 2 is 2.39 bits per heavy atom. The van der Waals surface area contributed by atoms with Gasteiger partial charge in [-0.05, 0) is 45.7 Å². The molecular formula is C14H22N4. The van der Waals surface area contributed by atoms with E-state index in [1.807, 2.05) is 6.92 Å². The van der Waals surface area contributed by atoms with E-state index in [1.54, 1.807) is 0 Å². The molecule has 1 aliphatic carbocycles. The molecule has 1 aromatic rings. The molecule has 1 aliphatic rings. The van der Waals surface area contributed by atoms with Gasteiger partial charge in [-0.1, -0.05) is 6.92 Å². The molecule has 2 rings (SSSR count). The number of hydrogen-bond acceptors (Lipinski definition) is 3. The van der Waals surface area contributed by atoms with Crippen LogP contribution in [0.2, 0.25) is 0 Å². The molecule has 2 atom stereocenters. The van der Waals surface area contributed by atoms with E-state index in [1.165, 1.54) is 5.69 Å². The van der Waals surface area contributed by atoms with Gasteiger partial charge in [0.05, 0.1) is 17.8 Å². The Morgan fingerprint density at radius 3 is 2.94 bits per heavy atom. The fraction of sp³-hybridized carbons (Fsp3) is 0.714. The van der Waals surface area contributed by atoms with Crippen LogP contribution in [-0.4, -0.2) is 21.9 Å². The van der Waals surface area contributed by atoms with E-state index in [9.17, 15) is 5.26 Å². The summed E-state index contributed by atoms with van der Waals surface area (Å²) in [5.74, 6) is 0. The average Bonchev–Trinajstić information content (AvgIpc) is 2.69. The lowest BCUT2D eigenvalue weighted by Crippen LogP contribution is -2.48. The number of aryl methyl sites for hydroxylation is 2. The van der Waals surface area contributed by atoms with Crippen molar-refractivity contribution in [1.29, 1.82) is 5.26 Å². The second-order valence-corrected chi connectivity index (χ2v) is 5.35. The standard InChI is InChI=1S/C14H22N4/c1-4-16-14(10-15)7-5-6-13(9-14)18-12(3)8-11(2)17-18/h8,13,16H,4-7,9H2,1-3H3. The van der Waals surface area contributed by atoms with E-state index < -0.39 is 0 Å². The van der Waals surface area contributed by atoms with Gasteiger partial charge in [0.15, 0.2) is 0 Å². The summed E-state index contributed by atoms with van der Waals surface area (Å²) in [7, 11) is 0. The van der Waals surface area contributed by atoms with Gasteiger partial charge in [-0.3, -0.25) is 10.00 Å². The van der Waals surface area contributed by atoms with Crippen LogP contribution in [0.1, 0.15) is 50.0 Å². The van der Waals surface area contributed by atoms with Crippen LogP contribution in [0.5, 0.6) is 0 Å². The molecule has 4 heteroatoms. The molecule has 0 bridgehead atoms. The van der Waals surface area contributed by atoms with Crippen LogP contribution < -0.4 is 5.32 Å². The number of rotatable bonds is 3. The molecule has 0 aromatic carbocycles. The molecule has 1 N–H and O–H groups in total. The van der Waals surface area contributed by atoms with Crippen LogP contribution in [-0.2, 0) is 0 Å². The van der Waals surface area contributed by atoms with Gasteiger partial charge in [0.2, 0.25) is 0 Å². The Kier molecular flexibility index (Phi) is 3.72. The van der Waals surface area contributed by atoms with Gasteiger partial charge >= 0.3 is 0 Å². The minimum Gasteiger partial charge on any atom is -0.300 e. The molecule has 1 fully saturated rings. The smallest absolute Gasteiger partial charge is 0.108 e. The second kappa shape index (κ2) is 5.11. The molecule has 1 aromatic heterocycles. The van der Waals surface area contributed by atoms with Crippen molar-refractivity contribution < 1.29 is 0 Å². The Hall–Kier alpha value is -1.34. The second-order valence-electron chi connectivity index (χ2n) is 5.35. The third-order valence-electron chi connectivity index (χ3n) is 3.84. The maximum atomic E-state index is 9.47. The molecule has 0 aliphatic heterocycles. The van der Waals surface area contributed by atoms with Crippen molar-refractivity contribution in [3.63, 3.8) is 0 Å². The zero-order valence-electron chi connectivity index (χ0n) is 11.5. The molecular weight excluding hydrogens is 224 g/mol. The topological polar surface area (TPSA) is 53.6 Å². The van der Waals surface area contributed by atoms with Crippen LogP contribution in [0.4, 0.5) is 0 Å². The van der Waals surface area contributed by atoms with Crippen molar-refractivity contribution in [2.45, 2.75) is 58.0 Å². The van der Waals surface area contributed by atoms with E-state index in [0.717, 1.165) is 37.9 Å². The predicted octanol–water partition coefficient (Wildman–Crippen LogP) is 2.49. The van der Waals surface area contributed by atoms with Gasteiger partial charge < -0.3 is 0 Å². The zero-order valence-corrected chi connectivity index (χ0v) is 11.5. The molecule has 0 saturated heterocycles. The van der Waals surface area contributed by atoms with Crippen LogP contribution in [0.3, 0.4) is 0 Å². The Labute approximate surface area is 109 Å². The average molecular weight is 246 g/mol. The third kappa shape index (κ3) is 2.41. The van der Waals surface area contributed by atoms with E-state index in [0.29, 0.717) is 6.04 Å². The number of nitrogens with one attached hydrogen (secondary N) is 1. The van der Waals surface area contributed by atoms with Gasteiger partial charge in [0.1, 0.15) is 5.54 Å². The van der Waals surface area contributed by atoms with Gasteiger partial charge in [0, 0.05) is 12.1 Å². The highest BCUT2D eigenvalue weighted by atomic mass is 15.3. The largest absolute Gasteiger partial charge is 0.300 e. The van der Waals surface area contributed by atoms with E-state index in [4.69, 9.17) is 0 Å². The summed E-state index contributed by atoms with van der Waals surface area (Å²) in [5.41, 5.74) is 1.90. The summed E-state index contributed by atoms with van der Waals surface area (Å²) in [6.07, 6.45) is 4.02. The first-order valence-electron chi connectivity index (χ1n) is 6.79. The van der Waals surface area contributed by atoms with Gasteiger partial charge in [-0.2, -0.15) is 10.4 Å². The molecule has 1 saturated carbocycles. The van der Waals surface area contributed by atoms with Crippen molar-refractivity contribution >= 4 is 0 Å². The number of aromatic nitrogens is 2. The fourth-order valence-corrected chi connectivity index (χ4v) is 3.11. The van der Waals surface area contributed by atoms with Gasteiger partial charge in [0.25, 0.3) is 0 Å². The molecule has 0 radical (unpaired) electrons. The monoisotopic (exact) mass is 246 g/mol.